The molecule has 3 aromatic carbocycles. The molecule has 1 N–H and O–H groups in total. The minimum Gasteiger partial charge on any atom is -0.497 e. The highest BCUT2D eigenvalue weighted by Crippen LogP contribution is 2.27. The molecular weight excluding hydrogens is 416 g/mol. The summed E-state index contributed by atoms with van der Waals surface area (Å²) in [5, 5.41) is 2.73. The second-order valence-corrected chi connectivity index (χ2v) is 8.72. The molecular formula is C23H24N2O5S. The van der Waals surface area contributed by atoms with Crippen molar-refractivity contribution in [1.29, 1.82) is 0 Å². The Labute approximate surface area is 182 Å². The van der Waals surface area contributed by atoms with E-state index in [9.17, 15) is 13.2 Å². The number of nitrogens with one attached hydrogen (secondary N) is 1. The molecule has 0 aliphatic carbocycles. The van der Waals surface area contributed by atoms with Crippen molar-refractivity contribution in [3.8, 4) is 17.2 Å². The minimum absolute atomic E-state index is 0.361. The highest BCUT2D eigenvalue weighted by Gasteiger charge is 2.29. The largest absolute Gasteiger partial charge is 0.497 e. The van der Waals surface area contributed by atoms with Crippen molar-refractivity contribution < 1.29 is 22.7 Å². The van der Waals surface area contributed by atoms with Crippen LogP contribution in [-0.2, 0) is 14.8 Å². The minimum atomic E-state index is -3.73. The Morgan fingerprint density at radius 3 is 1.97 bits per heavy atom. The molecule has 8 heteroatoms. The van der Waals surface area contributed by atoms with Crippen LogP contribution in [0.5, 0.6) is 17.2 Å². The number of para-hydroxylation sites is 1. The van der Waals surface area contributed by atoms with Gasteiger partial charge in [0, 0.05) is 5.69 Å². The summed E-state index contributed by atoms with van der Waals surface area (Å²) in [5.74, 6) is 1.42. The third-order valence-corrected chi connectivity index (χ3v) is 5.76. The Hall–Kier alpha value is -3.52. The average Bonchev–Trinajstić information content (AvgIpc) is 2.75. The van der Waals surface area contributed by atoms with Crippen molar-refractivity contribution in [1.82, 2.24) is 0 Å². The molecule has 162 valence electrons. The predicted octanol–water partition coefficient (Wildman–Crippen LogP) is 4.28. The second kappa shape index (κ2) is 9.53. The van der Waals surface area contributed by atoms with Gasteiger partial charge in [0.15, 0.2) is 0 Å². The lowest BCUT2D eigenvalue weighted by Crippen LogP contribution is -2.45. The highest BCUT2D eigenvalue weighted by atomic mass is 32.2. The molecule has 7 nitrogen and oxygen atoms in total. The lowest BCUT2D eigenvalue weighted by Gasteiger charge is -2.28. The van der Waals surface area contributed by atoms with Crippen LogP contribution in [0.1, 0.15) is 6.92 Å². The summed E-state index contributed by atoms with van der Waals surface area (Å²) < 4.78 is 36.9. The average molecular weight is 441 g/mol. The summed E-state index contributed by atoms with van der Waals surface area (Å²) in [6, 6.07) is 21.6. The van der Waals surface area contributed by atoms with Crippen molar-refractivity contribution in [2.75, 3.05) is 23.0 Å². The van der Waals surface area contributed by atoms with E-state index in [1.54, 1.807) is 55.6 Å². The van der Waals surface area contributed by atoms with Crippen LogP contribution in [-0.4, -0.2) is 33.7 Å². The van der Waals surface area contributed by atoms with Gasteiger partial charge in [0.25, 0.3) is 0 Å². The zero-order chi connectivity index (χ0) is 22.4. The Kier molecular flexibility index (Phi) is 6.81. The van der Waals surface area contributed by atoms with Crippen LogP contribution in [0.25, 0.3) is 0 Å². The number of amides is 1. The Balaban J connectivity index is 1.78. The van der Waals surface area contributed by atoms with Crippen LogP contribution in [0.2, 0.25) is 0 Å². The lowest BCUT2D eigenvalue weighted by molar-refractivity contribution is -0.116. The molecule has 0 aromatic heterocycles. The van der Waals surface area contributed by atoms with Gasteiger partial charge in [-0.2, -0.15) is 0 Å². The predicted molar refractivity (Wildman–Crippen MR) is 121 cm³/mol. The summed E-state index contributed by atoms with van der Waals surface area (Å²) in [6.07, 6.45) is 1.07. The summed E-state index contributed by atoms with van der Waals surface area (Å²) in [5.41, 5.74) is 0.901. The van der Waals surface area contributed by atoms with Crippen LogP contribution in [0.3, 0.4) is 0 Å². The SMILES string of the molecule is COc1ccc(NC(=O)C(C)N(c2ccc(Oc3ccccc3)cc2)S(C)(=O)=O)cc1. The number of carbonyl (C=O) groups is 1. The third-order valence-electron chi connectivity index (χ3n) is 4.52. The molecule has 1 amide bonds. The molecule has 0 aliphatic rings. The normalized spacial score (nSPS) is 12.0. The van der Waals surface area contributed by atoms with Gasteiger partial charge in [0.2, 0.25) is 15.9 Å². The number of ether oxygens (including phenoxy) is 2. The van der Waals surface area contributed by atoms with E-state index in [1.165, 1.54) is 6.92 Å². The molecule has 31 heavy (non-hydrogen) atoms. The Morgan fingerprint density at radius 2 is 1.42 bits per heavy atom. The maximum atomic E-state index is 12.8. The fourth-order valence-electron chi connectivity index (χ4n) is 3.02. The zero-order valence-corrected chi connectivity index (χ0v) is 18.3. The number of hydrogen-bond acceptors (Lipinski definition) is 5. The van der Waals surface area contributed by atoms with Gasteiger partial charge in [-0.3, -0.25) is 9.10 Å². The van der Waals surface area contributed by atoms with Crippen molar-refractivity contribution in [3.63, 3.8) is 0 Å². The number of methoxy groups -OCH3 is 1. The fourth-order valence-corrected chi connectivity index (χ4v) is 4.19. The van der Waals surface area contributed by atoms with E-state index in [0.29, 0.717) is 28.6 Å². The first kappa shape index (κ1) is 22.2. The van der Waals surface area contributed by atoms with Gasteiger partial charge in [-0.25, -0.2) is 8.42 Å². The van der Waals surface area contributed by atoms with Crippen molar-refractivity contribution >= 4 is 27.3 Å². The van der Waals surface area contributed by atoms with Crippen molar-refractivity contribution in [2.24, 2.45) is 0 Å². The van der Waals surface area contributed by atoms with E-state index in [2.05, 4.69) is 5.32 Å². The van der Waals surface area contributed by atoms with Gasteiger partial charge in [0.1, 0.15) is 23.3 Å². The molecule has 1 atom stereocenters. The summed E-state index contributed by atoms with van der Waals surface area (Å²) >= 11 is 0. The van der Waals surface area contributed by atoms with Gasteiger partial charge < -0.3 is 14.8 Å². The molecule has 3 rings (SSSR count). The van der Waals surface area contributed by atoms with Gasteiger partial charge in [0.05, 0.1) is 19.1 Å². The van der Waals surface area contributed by atoms with E-state index >= 15 is 0 Å². The van der Waals surface area contributed by atoms with Crippen LogP contribution >= 0.6 is 0 Å². The summed E-state index contributed by atoms with van der Waals surface area (Å²) in [7, 11) is -2.17. The number of nitrogens with zero attached hydrogens (tertiary/aromatic N) is 1. The smallest absolute Gasteiger partial charge is 0.247 e. The van der Waals surface area contributed by atoms with Crippen molar-refractivity contribution in [2.45, 2.75) is 13.0 Å². The molecule has 1 unspecified atom stereocenters. The Bertz CT molecular complexity index is 1110. The number of anilines is 2. The highest BCUT2D eigenvalue weighted by molar-refractivity contribution is 7.92. The summed E-state index contributed by atoms with van der Waals surface area (Å²) in [4.78, 5) is 12.8. The molecule has 0 heterocycles. The van der Waals surface area contributed by atoms with E-state index in [1.807, 2.05) is 30.3 Å². The maximum absolute atomic E-state index is 12.8. The number of rotatable bonds is 8. The van der Waals surface area contributed by atoms with Gasteiger partial charge in [-0.05, 0) is 67.6 Å². The number of benzene rings is 3. The van der Waals surface area contributed by atoms with Crippen LogP contribution in [0.4, 0.5) is 11.4 Å². The van der Waals surface area contributed by atoms with E-state index in [-0.39, 0.29) is 0 Å². The fraction of sp³-hybridized carbons (Fsp3) is 0.174. The van der Waals surface area contributed by atoms with Gasteiger partial charge in [-0.15, -0.1) is 0 Å². The van der Waals surface area contributed by atoms with E-state index < -0.39 is 22.0 Å². The van der Waals surface area contributed by atoms with Gasteiger partial charge in [-0.1, -0.05) is 18.2 Å². The van der Waals surface area contributed by atoms with Gasteiger partial charge >= 0.3 is 0 Å². The van der Waals surface area contributed by atoms with Crippen LogP contribution in [0, 0.1) is 0 Å². The molecule has 0 spiro atoms. The van der Waals surface area contributed by atoms with E-state index in [4.69, 9.17) is 9.47 Å². The Morgan fingerprint density at radius 1 is 0.871 bits per heavy atom. The van der Waals surface area contributed by atoms with E-state index in [0.717, 1.165) is 10.6 Å². The number of sulfonamides is 1. The topological polar surface area (TPSA) is 84.9 Å². The van der Waals surface area contributed by atoms with Crippen molar-refractivity contribution in [3.05, 3.63) is 78.9 Å². The second-order valence-electron chi connectivity index (χ2n) is 6.86. The monoisotopic (exact) mass is 440 g/mol. The number of carbonyl (C=O) groups excluding carboxylic acids is 1. The summed E-state index contributed by atoms with van der Waals surface area (Å²) in [6.45, 7) is 1.54. The third kappa shape index (κ3) is 5.76. The lowest BCUT2D eigenvalue weighted by atomic mass is 10.2. The zero-order valence-electron chi connectivity index (χ0n) is 17.5. The first-order valence-electron chi connectivity index (χ1n) is 9.55. The molecule has 0 saturated carbocycles. The molecule has 3 aromatic rings. The van der Waals surface area contributed by atoms with Crippen LogP contribution < -0.4 is 19.1 Å². The maximum Gasteiger partial charge on any atom is 0.247 e. The molecule has 0 fully saturated rings. The first-order valence-corrected chi connectivity index (χ1v) is 11.4. The molecule has 0 radical (unpaired) electrons. The quantitative estimate of drug-likeness (QED) is 0.565. The molecule has 0 aliphatic heterocycles. The molecule has 0 bridgehead atoms. The number of hydrogen-bond donors (Lipinski definition) is 1. The van der Waals surface area contributed by atoms with Crippen LogP contribution in [0.15, 0.2) is 78.9 Å². The standard InChI is InChI=1S/C23H24N2O5S/c1-17(23(26)24-18-9-13-20(29-2)14-10-18)25(31(3,27)28)19-11-15-22(16-12-19)30-21-7-5-4-6-8-21/h4-17H,1-3H3,(H,24,26). The molecule has 0 saturated heterocycles. The first-order chi connectivity index (χ1) is 14.8.